The predicted molar refractivity (Wildman–Crippen MR) is 65.3 cm³/mol. The van der Waals surface area contributed by atoms with E-state index in [4.69, 9.17) is 4.74 Å². The van der Waals surface area contributed by atoms with Crippen molar-refractivity contribution in [1.29, 1.82) is 0 Å². The van der Waals surface area contributed by atoms with Crippen LogP contribution in [0, 0.1) is 6.92 Å². The molecule has 1 rings (SSSR count). The lowest BCUT2D eigenvalue weighted by atomic mass is 10.0. The van der Waals surface area contributed by atoms with Crippen molar-refractivity contribution < 1.29 is 22.6 Å². The Balaban J connectivity index is 2.86. The summed E-state index contributed by atoms with van der Waals surface area (Å²) in [5.41, 5.74) is 2.19. The molecule has 0 bridgehead atoms. The van der Waals surface area contributed by atoms with Gasteiger partial charge in [0.25, 0.3) is 0 Å². The highest BCUT2D eigenvalue weighted by molar-refractivity contribution is 5.40. The van der Waals surface area contributed by atoms with Crippen molar-refractivity contribution in [3.63, 3.8) is 0 Å². The van der Waals surface area contributed by atoms with Gasteiger partial charge in [-0.15, -0.1) is 13.2 Å². The van der Waals surface area contributed by atoms with Crippen molar-refractivity contribution in [2.45, 2.75) is 39.5 Å². The Morgan fingerprint density at radius 1 is 1.32 bits per heavy atom. The normalized spacial score (nSPS) is 12.0. The van der Waals surface area contributed by atoms with Crippen LogP contribution in [0.1, 0.15) is 36.7 Å². The van der Waals surface area contributed by atoms with Gasteiger partial charge in [0, 0.05) is 17.7 Å². The van der Waals surface area contributed by atoms with E-state index >= 15 is 0 Å². The molecule has 0 fully saturated rings. The molecule has 0 unspecified atom stereocenters. The number of halogens is 3. The SMILES string of the molecule is COc1c(C(C)C)cc(CCOC(F)(F)F)nc1C. The number of aromatic nitrogens is 1. The number of nitrogens with zero attached hydrogens (tertiary/aromatic N) is 1. The van der Waals surface area contributed by atoms with Crippen LogP contribution in [0.3, 0.4) is 0 Å². The van der Waals surface area contributed by atoms with Crippen LogP contribution in [-0.4, -0.2) is 25.1 Å². The monoisotopic (exact) mass is 277 g/mol. The summed E-state index contributed by atoms with van der Waals surface area (Å²) >= 11 is 0. The van der Waals surface area contributed by atoms with E-state index < -0.39 is 13.0 Å². The second-order valence-electron chi connectivity index (χ2n) is 4.52. The maximum atomic E-state index is 11.9. The average molecular weight is 277 g/mol. The van der Waals surface area contributed by atoms with Gasteiger partial charge < -0.3 is 4.74 Å². The smallest absolute Gasteiger partial charge is 0.495 e. The molecule has 108 valence electrons. The lowest BCUT2D eigenvalue weighted by Crippen LogP contribution is -2.16. The Hall–Kier alpha value is -1.30. The summed E-state index contributed by atoms with van der Waals surface area (Å²) < 4.78 is 44.7. The van der Waals surface area contributed by atoms with Crippen LogP contribution < -0.4 is 4.74 Å². The van der Waals surface area contributed by atoms with Crippen LogP contribution in [0.15, 0.2) is 6.07 Å². The molecule has 1 aromatic heterocycles. The maximum absolute atomic E-state index is 11.9. The zero-order valence-electron chi connectivity index (χ0n) is 11.5. The zero-order valence-corrected chi connectivity index (χ0v) is 11.5. The first-order valence-corrected chi connectivity index (χ1v) is 5.99. The molecule has 0 aliphatic carbocycles. The Kier molecular flexibility index (Phi) is 5.17. The number of aryl methyl sites for hydroxylation is 1. The van der Waals surface area contributed by atoms with Gasteiger partial charge in [-0.25, -0.2) is 0 Å². The fraction of sp³-hybridized carbons (Fsp3) is 0.615. The summed E-state index contributed by atoms with van der Waals surface area (Å²) in [7, 11) is 1.56. The molecule has 1 heterocycles. The molecule has 19 heavy (non-hydrogen) atoms. The minimum Gasteiger partial charge on any atom is -0.495 e. The van der Waals surface area contributed by atoms with Crippen molar-refractivity contribution >= 4 is 0 Å². The van der Waals surface area contributed by atoms with E-state index in [1.165, 1.54) is 0 Å². The topological polar surface area (TPSA) is 31.4 Å². The van der Waals surface area contributed by atoms with E-state index in [9.17, 15) is 13.2 Å². The third kappa shape index (κ3) is 4.70. The second kappa shape index (κ2) is 6.23. The molecule has 0 amide bonds. The van der Waals surface area contributed by atoms with E-state index in [-0.39, 0.29) is 12.3 Å². The molecule has 0 saturated carbocycles. The highest BCUT2D eigenvalue weighted by Crippen LogP contribution is 2.29. The number of rotatable bonds is 5. The van der Waals surface area contributed by atoms with Crippen LogP contribution in [0.25, 0.3) is 0 Å². The van der Waals surface area contributed by atoms with E-state index in [0.29, 0.717) is 17.1 Å². The number of pyridine rings is 1. The first-order valence-electron chi connectivity index (χ1n) is 5.99. The van der Waals surface area contributed by atoms with Crippen LogP contribution in [0.2, 0.25) is 0 Å². The van der Waals surface area contributed by atoms with E-state index in [0.717, 1.165) is 5.56 Å². The molecule has 0 atom stereocenters. The van der Waals surface area contributed by atoms with Gasteiger partial charge in [0.05, 0.1) is 19.4 Å². The van der Waals surface area contributed by atoms with Crippen molar-refractivity contribution in [1.82, 2.24) is 4.98 Å². The summed E-state index contributed by atoms with van der Waals surface area (Å²) in [6, 6.07) is 1.77. The van der Waals surface area contributed by atoms with Crippen LogP contribution in [0.4, 0.5) is 13.2 Å². The number of alkyl halides is 3. The maximum Gasteiger partial charge on any atom is 0.522 e. The summed E-state index contributed by atoms with van der Waals surface area (Å²) in [5.74, 6) is 0.898. The Morgan fingerprint density at radius 3 is 2.42 bits per heavy atom. The van der Waals surface area contributed by atoms with E-state index in [1.54, 1.807) is 20.1 Å². The minimum absolute atomic E-state index is 0.115. The van der Waals surface area contributed by atoms with E-state index in [1.807, 2.05) is 13.8 Å². The third-order valence-electron chi connectivity index (χ3n) is 2.67. The van der Waals surface area contributed by atoms with Crippen molar-refractivity contribution in [2.75, 3.05) is 13.7 Å². The number of ether oxygens (including phenoxy) is 2. The van der Waals surface area contributed by atoms with E-state index in [2.05, 4.69) is 9.72 Å². The number of hydrogen-bond donors (Lipinski definition) is 0. The molecule has 0 aliphatic heterocycles. The van der Waals surface area contributed by atoms with Gasteiger partial charge in [-0.05, 0) is 18.9 Å². The third-order valence-corrected chi connectivity index (χ3v) is 2.67. The molecule has 0 saturated heterocycles. The van der Waals surface area contributed by atoms with Gasteiger partial charge in [-0.1, -0.05) is 13.8 Å². The molecule has 1 aromatic rings. The highest BCUT2D eigenvalue weighted by Gasteiger charge is 2.28. The quantitative estimate of drug-likeness (QED) is 0.824. The predicted octanol–water partition coefficient (Wildman–Crippen LogP) is 3.60. The fourth-order valence-electron chi connectivity index (χ4n) is 1.85. The molecular formula is C13H18F3NO2. The van der Waals surface area contributed by atoms with Crippen molar-refractivity contribution in [3.05, 3.63) is 23.0 Å². The molecule has 6 heteroatoms. The molecular weight excluding hydrogens is 259 g/mol. The van der Waals surface area contributed by atoms with Crippen LogP contribution in [-0.2, 0) is 11.2 Å². The molecule has 0 aliphatic rings. The van der Waals surface area contributed by atoms with Gasteiger partial charge in [0.1, 0.15) is 5.75 Å². The first kappa shape index (κ1) is 15.8. The standard InChI is InChI=1S/C13H18F3NO2/c1-8(2)11-7-10(5-6-19-13(14,15)16)17-9(3)12(11)18-4/h7-8H,5-6H2,1-4H3. The largest absolute Gasteiger partial charge is 0.522 e. The number of hydrogen-bond acceptors (Lipinski definition) is 3. The summed E-state index contributed by atoms with van der Waals surface area (Å²) in [4.78, 5) is 4.23. The van der Waals surface area contributed by atoms with Crippen molar-refractivity contribution in [3.8, 4) is 5.75 Å². The lowest BCUT2D eigenvalue weighted by molar-refractivity contribution is -0.324. The van der Waals surface area contributed by atoms with Gasteiger partial charge in [-0.3, -0.25) is 9.72 Å². The summed E-state index contributed by atoms with van der Waals surface area (Å²) in [5, 5.41) is 0. The summed E-state index contributed by atoms with van der Waals surface area (Å²) in [6.07, 6.45) is -4.48. The molecule has 0 aromatic carbocycles. The Morgan fingerprint density at radius 2 is 1.95 bits per heavy atom. The fourth-order valence-corrected chi connectivity index (χ4v) is 1.85. The molecule has 0 spiro atoms. The average Bonchev–Trinajstić information content (AvgIpc) is 2.26. The lowest BCUT2D eigenvalue weighted by Gasteiger charge is -2.16. The molecule has 0 radical (unpaired) electrons. The molecule has 3 nitrogen and oxygen atoms in total. The molecule has 0 N–H and O–H groups in total. The van der Waals surface area contributed by atoms with Gasteiger partial charge in [0.15, 0.2) is 0 Å². The highest BCUT2D eigenvalue weighted by atomic mass is 19.4. The van der Waals surface area contributed by atoms with Gasteiger partial charge in [-0.2, -0.15) is 0 Å². The van der Waals surface area contributed by atoms with Gasteiger partial charge in [0.2, 0.25) is 0 Å². The first-order chi connectivity index (χ1) is 8.74. The van der Waals surface area contributed by atoms with Crippen LogP contribution in [0.5, 0.6) is 5.75 Å². The van der Waals surface area contributed by atoms with Crippen molar-refractivity contribution in [2.24, 2.45) is 0 Å². The summed E-state index contributed by atoms with van der Waals surface area (Å²) in [6.45, 7) is 5.33. The second-order valence-corrected chi connectivity index (χ2v) is 4.52. The van der Waals surface area contributed by atoms with Gasteiger partial charge >= 0.3 is 6.36 Å². The zero-order chi connectivity index (χ0) is 14.6. The Bertz CT molecular complexity index is 431. The minimum atomic E-state index is -4.59. The number of methoxy groups -OCH3 is 1. The Labute approximate surface area is 110 Å². The van der Waals surface area contributed by atoms with Crippen LogP contribution >= 0.6 is 0 Å².